The highest BCUT2D eigenvalue weighted by Crippen LogP contribution is 2.21. The molecule has 0 radical (unpaired) electrons. The zero-order chi connectivity index (χ0) is 18.7. The summed E-state index contributed by atoms with van der Waals surface area (Å²) in [7, 11) is 1.28. The Hall–Kier alpha value is -2.89. The van der Waals surface area contributed by atoms with Crippen molar-refractivity contribution in [1.82, 2.24) is 4.98 Å². The van der Waals surface area contributed by atoms with Gasteiger partial charge < -0.3 is 14.5 Å². The number of methoxy groups -OCH3 is 1. The van der Waals surface area contributed by atoms with Crippen molar-refractivity contribution in [3.8, 4) is 0 Å². The molecule has 0 saturated heterocycles. The van der Waals surface area contributed by atoms with Crippen LogP contribution in [0.3, 0.4) is 0 Å². The molecule has 0 amide bonds. The number of Topliss-reactive ketones (excluding diaryl/α,β-unsaturated/α-hetero) is 1. The summed E-state index contributed by atoms with van der Waals surface area (Å²) in [6.45, 7) is 6.63. The van der Waals surface area contributed by atoms with Crippen molar-refractivity contribution in [2.75, 3.05) is 7.11 Å². The van der Waals surface area contributed by atoms with Gasteiger partial charge in [0, 0.05) is 5.69 Å². The van der Waals surface area contributed by atoms with Crippen molar-refractivity contribution in [1.29, 1.82) is 0 Å². The Morgan fingerprint density at radius 3 is 2.28 bits per heavy atom. The maximum atomic E-state index is 12.6. The smallest absolute Gasteiger partial charge is 0.339 e. The molecule has 0 bridgehead atoms. The number of benzene rings is 1. The summed E-state index contributed by atoms with van der Waals surface area (Å²) in [5.41, 5.74) is 2.76. The highest BCUT2D eigenvalue weighted by Gasteiger charge is 2.27. The molecular formula is C19H21NO5. The summed E-state index contributed by atoms with van der Waals surface area (Å²) in [6.07, 6.45) is -0.991. The van der Waals surface area contributed by atoms with E-state index < -0.39 is 23.8 Å². The van der Waals surface area contributed by atoms with Gasteiger partial charge in [-0.25, -0.2) is 9.59 Å². The van der Waals surface area contributed by atoms with Gasteiger partial charge in [0.05, 0.1) is 23.9 Å². The van der Waals surface area contributed by atoms with Gasteiger partial charge in [0.25, 0.3) is 0 Å². The number of carbonyl (C=O) groups is 3. The first-order chi connectivity index (χ1) is 11.8. The third kappa shape index (κ3) is 3.63. The lowest BCUT2D eigenvalue weighted by Crippen LogP contribution is -2.25. The first-order valence-electron chi connectivity index (χ1n) is 7.86. The minimum Gasteiger partial charge on any atom is -0.465 e. The van der Waals surface area contributed by atoms with Crippen LogP contribution >= 0.6 is 0 Å². The second-order valence-corrected chi connectivity index (χ2v) is 5.84. The minimum absolute atomic E-state index is 0.239. The van der Waals surface area contributed by atoms with Gasteiger partial charge in [-0.05, 0) is 44.9 Å². The van der Waals surface area contributed by atoms with Crippen molar-refractivity contribution in [3.05, 3.63) is 57.9 Å². The zero-order valence-electron chi connectivity index (χ0n) is 14.9. The lowest BCUT2D eigenvalue weighted by Gasteiger charge is -2.13. The van der Waals surface area contributed by atoms with E-state index in [9.17, 15) is 14.4 Å². The third-order valence-electron chi connectivity index (χ3n) is 4.09. The number of esters is 2. The Morgan fingerprint density at radius 2 is 1.68 bits per heavy atom. The highest BCUT2D eigenvalue weighted by atomic mass is 16.5. The first-order valence-corrected chi connectivity index (χ1v) is 7.86. The van der Waals surface area contributed by atoms with Crippen molar-refractivity contribution in [2.45, 2.75) is 33.8 Å². The number of aryl methyl sites for hydroxylation is 2. The van der Waals surface area contributed by atoms with Crippen LogP contribution in [0, 0.1) is 20.8 Å². The summed E-state index contributed by atoms with van der Waals surface area (Å²) >= 11 is 0. The van der Waals surface area contributed by atoms with Gasteiger partial charge in [-0.15, -0.1) is 0 Å². The van der Waals surface area contributed by atoms with E-state index in [1.54, 1.807) is 39.0 Å². The summed E-state index contributed by atoms with van der Waals surface area (Å²) in [4.78, 5) is 39.6. The predicted octanol–water partition coefficient (Wildman–Crippen LogP) is 3.15. The highest BCUT2D eigenvalue weighted by molar-refractivity contribution is 6.04. The summed E-state index contributed by atoms with van der Waals surface area (Å²) in [5.74, 6) is -1.49. The van der Waals surface area contributed by atoms with Crippen LogP contribution in [0.15, 0.2) is 24.3 Å². The number of hydrogen-bond acceptors (Lipinski definition) is 5. The fourth-order valence-electron chi connectivity index (χ4n) is 2.69. The van der Waals surface area contributed by atoms with Crippen molar-refractivity contribution in [3.63, 3.8) is 0 Å². The van der Waals surface area contributed by atoms with E-state index in [-0.39, 0.29) is 5.69 Å². The Kier molecular flexibility index (Phi) is 5.41. The molecule has 2 rings (SSSR count). The molecule has 2 aromatic rings. The first kappa shape index (κ1) is 18.4. The fourth-order valence-corrected chi connectivity index (χ4v) is 2.69. The third-order valence-corrected chi connectivity index (χ3v) is 4.09. The van der Waals surface area contributed by atoms with E-state index in [1.165, 1.54) is 14.0 Å². The normalized spacial score (nSPS) is 11.7. The molecule has 0 aliphatic heterocycles. The van der Waals surface area contributed by atoms with E-state index in [4.69, 9.17) is 9.47 Å². The number of ether oxygens (including phenoxy) is 2. The molecule has 6 nitrogen and oxygen atoms in total. The molecule has 0 aliphatic rings. The Bertz CT molecular complexity index is 834. The van der Waals surface area contributed by atoms with Gasteiger partial charge >= 0.3 is 11.9 Å². The fraction of sp³-hybridized carbons (Fsp3) is 0.316. The van der Waals surface area contributed by atoms with Crippen LogP contribution in [0.4, 0.5) is 0 Å². The lowest BCUT2D eigenvalue weighted by molar-refractivity contribution is 0.0316. The van der Waals surface area contributed by atoms with Crippen molar-refractivity contribution in [2.24, 2.45) is 0 Å². The Labute approximate surface area is 146 Å². The quantitative estimate of drug-likeness (QED) is 0.666. The summed E-state index contributed by atoms with van der Waals surface area (Å²) in [5, 5.41) is 0. The largest absolute Gasteiger partial charge is 0.465 e. The van der Waals surface area contributed by atoms with Crippen molar-refractivity contribution < 1.29 is 23.9 Å². The average molecular weight is 343 g/mol. The van der Waals surface area contributed by atoms with Gasteiger partial charge in [0.15, 0.2) is 6.10 Å². The molecule has 0 spiro atoms. The molecule has 0 saturated carbocycles. The number of nitrogens with one attached hydrogen (secondary N) is 1. The number of aromatic nitrogens is 1. The minimum atomic E-state index is -0.991. The summed E-state index contributed by atoms with van der Waals surface area (Å²) in [6, 6.07) is 7.00. The van der Waals surface area contributed by atoms with Crippen LogP contribution < -0.4 is 0 Å². The SMILES string of the molecule is COC(=O)c1c(C)[nH]c(C(=O)[C@H](C)OC(=O)c2ccccc2C)c1C. The summed E-state index contributed by atoms with van der Waals surface area (Å²) < 4.78 is 10.0. The molecule has 132 valence electrons. The molecule has 6 heteroatoms. The molecular weight excluding hydrogens is 322 g/mol. The number of ketones is 1. The molecule has 1 N–H and O–H groups in total. The van der Waals surface area contributed by atoms with Crippen LogP contribution in [-0.4, -0.2) is 35.9 Å². The number of hydrogen-bond donors (Lipinski definition) is 1. The van der Waals surface area contributed by atoms with Gasteiger partial charge in [-0.1, -0.05) is 18.2 Å². The van der Waals surface area contributed by atoms with E-state index >= 15 is 0 Å². The number of aromatic amines is 1. The number of rotatable bonds is 5. The maximum Gasteiger partial charge on any atom is 0.339 e. The van der Waals surface area contributed by atoms with Gasteiger partial charge in [-0.2, -0.15) is 0 Å². The van der Waals surface area contributed by atoms with Crippen LogP contribution in [0.1, 0.15) is 54.9 Å². The molecule has 0 fully saturated rings. The number of carbonyl (C=O) groups excluding carboxylic acids is 3. The van der Waals surface area contributed by atoms with Crippen LogP contribution in [0.5, 0.6) is 0 Å². The second kappa shape index (κ2) is 7.34. The molecule has 1 aromatic heterocycles. The number of H-pyrrole nitrogens is 1. The van der Waals surface area contributed by atoms with E-state index in [0.29, 0.717) is 22.4 Å². The van der Waals surface area contributed by atoms with Crippen LogP contribution in [-0.2, 0) is 9.47 Å². The average Bonchev–Trinajstić information content (AvgIpc) is 2.88. The standard InChI is InChI=1S/C19H21NO5/c1-10-8-6-7-9-14(10)18(22)25-13(4)17(21)16-11(2)15(12(3)20-16)19(23)24-5/h6-9,13,20H,1-5H3/t13-/m0/s1. The molecule has 1 heterocycles. The van der Waals surface area contributed by atoms with E-state index in [2.05, 4.69) is 4.98 Å². The van der Waals surface area contributed by atoms with Gasteiger partial charge in [0.2, 0.25) is 5.78 Å². The topological polar surface area (TPSA) is 85.5 Å². The van der Waals surface area contributed by atoms with Crippen molar-refractivity contribution >= 4 is 17.7 Å². The predicted molar refractivity (Wildman–Crippen MR) is 92.0 cm³/mol. The molecule has 25 heavy (non-hydrogen) atoms. The molecule has 1 atom stereocenters. The van der Waals surface area contributed by atoms with Crippen LogP contribution in [0.2, 0.25) is 0 Å². The van der Waals surface area contributed by atoms with Gasteiger partial charge in [0.1, 0.15) is 0 Å². The Morgan fingerprint density at radius 1 is 1.04 bits per heavy atom. The monoisotopic (exact) mass is 343 g/mol. The van der Waals surface area contributed by atoms with E-state index in [0.717, 1.165) is 5.56 Å². The molecule has 0 unspecified atom stereocenters. The maximum absolute atomic E-state index is 12.6. The zero-order valence-corrected chi connectivity index (χ0v) is 14.9. The van der Waals surface area contributed by atoms with Crippen LogP contribution in [0.25, 0.3) is 0 Å². The lowest BCUT2D eigenvalue weighted by atomic mass is 10.1. The Balaban J connectivity index is 2.22. The second-order valence-electron chi connectivity index (χ2n) is 5.84. The molecule has 0 aliphatic carbocycles. The molecule has 1 aromatic carbocycles. The van der Waals surface area contributed by atoms with Gasteiger partial charge in [-0.3, -0.25) is 4.79 Å². The van der Waals surface area contributed by atoms with E-state index in [1.807, 2.05) is 6.07 Å².